The quantitative estimate of drug-likeness (QED) is 0.469. The Morgan fingerprint density at radius 1 is 0.464 bits per heavy atom. The van der Waals surface area contributed by atoms with Gasteiger partial charge in [-0.3, -0.25) is 0 Å². The van der Waals surface area contributed by atoms with Crippen molar-refractivity contribution in [1.82, 2.24) is 0 Å². The lowest BCUT2D eigenvalue weighted by molar-refractivity contribution is 0.296. The first kappa shape index (κ1) is 17.6. The molecule has 8 heteroatoms. The summed E-state index contributed by atoms with van der Waals surface area (Å²) in [6.07, 6.45) is 1.86. The third-order valence-electron chi connectivity index (χ3n) is 4.61. The highest BCUT2D eigenvalue weighted by atomic mass is 32.2. The van der Waals surface area contributed by atoms with Gasteiger partial charge in [0.05, 0.1) is 34.9 Å². The van der Waals surface area contributed by atoms with Crippen molar-refractivity contribution in [1.29, 1.82) is 0 Å². The third kappa shape index (κ3) is 3.14. The summed E-state index contributed by atoms with van der Waals surface area (Å²) in [7, 11) is 0. The average Bonchev–Trinajstić information content (AvgIpc) is 3.12. The Labute approximate surface area is 180 Å². The molecule has 2 aromatic carbocycles. The van der Waals surface area contributed by atoms with E-state index in [4.69, 9.17) is 18.9 Å². The largest absolute Gasteiger partial charge is 0.490 e. The van der Waals surface area contributed by atoms with Crippen LogP contribution in [0.3, 0.4) is 0 Å². The summed E-state index contributed by atoms with van der Waals surface area (Å²) >= 11 is 7.29. The Balaban J connectivity index is 1.29. The van der Waals surface area contributed by atoms with Gasteiger partial charge in [-0.2, -0.15) is 0 Å². The minimum Gasteiger partial charge on any atom is -0.490 e. The SMILES string of the molecule is c1c2c(cc3c1SC(=C1Sc4cc5c(cc4S1)OCCCO5)S3)OCCCO2. The Morgan fingerprint density at radius 3 is 1.04 bits per heavy atom. The molecule has 0 amide bonds. The summed E-state index contributed by atoms with van der Waals surface area (Å²) in [4.78, 5) is 4.99. The van der Waals surface area contributed by atoms with Crippen LogP contribution in [0.2, 0.25) is 0 Å². The molecule has 0 atom stereocenters. The van der Waals surface area contributed by atoms with E-state index in [0.29, 0.717) is 26.4 Å². The van der Waals surface area contributed by atoms with Gasteiger partial charge in [-0.25, -0.2) is 0 Å². The summed E-state index contributed by atoms with van der Waals surface area (Å²) in [5, 5.41) is 0. The molecule has 0 saturated carbocycles. The van der Waals surface area contributed by atoms with Crippen molar-refractivity contribution in [3.05, 3.63) is 32.7 Å². The summed E-state index contributed by atoms with van der Waals surface area (Å²) < 4.78 is 26.0. The lowest BCUT2D eigenvalue weighted by atomic mass is 10.3. The van der Waals surface area contributed by atoms with Gasteiger partial charge >= 0.3 is 0 Å². The zero-order valence-corrected chi connectivity index (χ0v) is 18.1. The Hall–Kier alpha value is -1.22. The average molecular weight is 449 g/mol. The van der Waals surface area contributed by atoms with Crippen LogP contribution in [0, 0.1) is 0 Å². The third-order valence-corrected chi connectivity index (χ3v) is 10.2. The van der Waals surface area contributed by atoms with Crippen molar-refractivity contribution in [2.24, 2.45) is 0 Å². The molecular weight excluding hydrogens is 432 g/mol. The number of ether oxygens (including phenoxy) is 4. The lowest BCUT2D eigenvalue weighted by Crippen LogP contribution is -1.97. The van der Waals surface area contributed by atoms with Crippen LogP contribution in [-0.2, 0) is 0 Å². The van der Waals surface area contributed by atoms with E-state index in [9.17, 15) is 0 Å². The van der Waals surface area contributed by atoms with Crippen LogP contribution < -0.4 is 18.9 Å². The second-order valence-corrected chi connectivity index (χ2v) is 11.3. The predicted octanol–water partition coefficient (Wildman–Crippen LogP) is 6.23. The maximum Gasteiger partial charge on any atom is 0.162 e. The molecule has 0 N–H and O–H groups in total. The van der Waals surface area contributed by atoms with Crippen molar-refractivity contribution in [2.45, 2.75) is 32.4 Å². The van der Waals surface area contributed by atoms with Crippen LogP contribution >= 0.6 is 47.0 Å². The van der Waals surface area contributed by atoms with Crippen LogP contribution in [0.15, 0.2) is 52.3 Å². The predicted molar refractivity (Wildman–Crippen MR) is 115 cm³/mol. The van der Waals surface area contributed by atoms with E-state index in [1.54, 1.807) is 0 Å². The number of thioether (sulfide) groups is 4. The van der Waals surface area contributed by atoms with Crippen LogP contribution in [-0.4, -0.2) is 26.4 Å². The second-order valence-electron chi connectivity index (χ2n) is 6.58. The summed E-state index contributed by atoms with van der Waals surface area (Å²) in [5.74, 6) is 3.46. The van der Waals surface area contributed by atoms with E-state index in [2.05, 4.69) is 24.3 Å². The zero-order chi connectivity index (χ0) is 18.5. The summed E-state index contributed by atoms with van der Waals surface area (Å²) in [6, 6.07) is 8.51. The Morgan fingerprint density at radius 2 is 0.750 bits per heavy atom. The maximum atomic E-state index is 5.85. The van der Waals surface area contributed by atoms with Crippen molar-refractivity contribution in [3.8, 4) is 23.0 Å². The van der Waals surface area contributed by atoms with Gasteiger partial charge in [0.1, 0.15) is 0 Å². The standard InChI is InChI=1S/C20H16O4S4/c1-3-21-11-7-15-16(8-12(11)22-4-1)26-19(25-15)20-27-17-9-13-14(10-18(17)28-20)24-6-2-5-23-13/h7-10H,1-6H2. The van der Waals surface area contributed by atoms with Crippen molar-refractivity contribution in [2.75, 3.05) is 26.4 Å². The molecule has 28 heavy (non-hydrogen) atoms. The molecule has 0 fully saturated rings. The second kappa shape index (κ2) is 7.23. The fourth-order valence-electron chi connectivity index (χ4n) is 3.27. The van der Waals surface area contributed by atoms with Crippen LogP contribution in [0.5, 0.6) is 23.0 Å². The smallest absolute Gasteiger partial charge is 0.162 e. The van der Waals surface area contributed by atoms with Gasteiger partial charge in [0.15, 0.2) is 23.0 Å². The van der Waals surface area contributed by atoms with Crippen molar-refractivity contribution in [3.63, 3.8) is 0 Å². The molecule has 6 rings (SSSR count). The molecular formula is C20H16O4S4. The molecule has 4 aliphatic rings. The van der Waals surface area contributed by atoms with Crippen LogP contribution in [0.25, 0.3) is 0 Å². The molecule has 2 aromatic rings. The van der Waals surface area contributed by atoms with E-state index in [-0.39, 0.29) is 0 Å². The number of benzene rings is 2. The zero-order valence-electron chi connectivity index (χ0n) is 14.8. The lowest BCUT2D eigenvalue weighted by Gasteiger charge is -2.08. The molecule has 0 spiro atoms. The molecule has 0 aliphatic carbocycles. The minimum atomic E-state index is 0.716. The van der Waals surface area contributed by atoms with E-state index < -0.39 is 0 Å². The first-order valence-corrected chi connectivity index (χ1v) is 12.4. The van der Waals surface area contributed by atoms with Gasteiger partial charge < -0.3 is 18.9 Å². The molecule has 0 radical (unpaired) electrons. The van der Waals surface area contributed by atoms with Crippen molar-refractivity contribution < 1.29 is 18.9 Å². The molecule has 0 saturated heterocycles. The van der Waals surface area contributed by atoms with Crippen LogP contribution in [0.1, 0.15) is 12.8 Å². The van der Waals surface area contributed by atoms with Crippen molar-refractivity contribution >= 4 is 47.0 Å². The Bertz CT molecular complexity index is 851. The molecule has 4 aliphatic heterocycles. The molecule has 0 bridgehead atoms. The maximum absolute atomic E-state index is 5.85. The first-order valence-electron chi connectivity index (χ1n) is 9.16. The fourth-order valence-corrected chi connectivity index (χ4v) is 8.61. The minimum absolute atomic E-state index is 0.716. The van der Waals surface area contributed by atoms with Gasteiger partial charge in [-0.15, -0.1) is 0 Å². The van der Waals surface area contributed by atoms with Gasteiger partial charge in [0.2, 0.25) is 0 Å². The molecule has 4 nitrogen and oxygen atoms in total. The van der Waals surface area contributed by atoms with E-state index >= 15 is 0 Å². The van der Waals surface area contributed by atoms with E-state index in [0.717, 1.165) is 35.8 Å². The normalized spacial score (nSPS) is 19.7. The van der Waals surface area contributed by atoms with Crippen LogP contribution in [0.4, 0.5) is 0 Å². The number of hydrogen-bond donors (Lipinski definition) is 0. The Kier molecular flexibility index (Phi) is 4.55. The number of rotatable bonds is 0. The molecule has 144 valence electrons. The highest BCUT2D eigenvalue weighted by molar-refractivity contribution is 8.30. The first-order chi connectivity index (χ1) is 13.8. The van der Waals surface area contributed by atoms with Gasteiger partial charge in [0.25, 0.3) is 0 Å². The molecule has 4 heterocycles. The van der Waals surface area contributed by atoms with E-state index in [1.165, 1.54) is 28.1 Å². The summed E-state index contributed by atoms with van der Waals surface area (Å²) in [6.45, 7) is 2.86. The monoisotopic (exact) mass is 448 g/mol. The fraction of sp³-hybridized carbons (Fsp3) is 0.300. The summed E-state index contributed by atoms with van der Waals surface area (Å²) in [5.41, 5.74) is 0. The number of fused-ring (bicyclic) bond motifs is 4. The topological polar surface area (TPSA) is 36.9 Å². The van der Waals surface area contributed by atoms with Gasteiger partial charge in [-0.1, -0.05) is 47.0 Å². The number of hydrogen-bond acceptors (Lipinski definition) is 8. The highest BCUT2D eigenvalue weighted by Gasteiger charge is 2.30. The molecule has 0 aromatic heterocycles. The van der Waals surface area contributed by atoms with E-state index in [1.807, 2.05) is 47.0 Å². The van der Waals surface area contributed by atoms with Gasteiger partial charge in [0, 0.05) is 32.4 Å². The highest BCUT2D eigenvalue weighted by Crippen LogP contribution is 2.63. The van der Waals surface area contributed by atoms with Gasteiger partial charge in [-0.05, 0) is 24.3 Å². The molecule has 0 unspecified atom stereocenters.